The summed E-state index contributed by atoms with van der Waals surface area (Å²) in [6.07, 6.45) is 16.7. The molecule has 0 bridgehead atoms. The molecule has 3 heteroatoms. The topological polar surface area (TPSA) is 40.5 Å². The van der Waals surface area contributed by atoms with E-state index in [0.29, 0.717) is 16.7 Å². The molecule has 1 unspecified atom stereocenters. The average Bonchev–Trinajstić information content (AvgIpc) is 2.89. The van der Waals surface area contributed by atoms with Gasteiger partial charge in [-0.05, 0) is 88.8 Å². The standard InChI is InChI=1S/C40H64O2S/c1-12-14-15-16-17-18-19-20-21-22-23-43-31(5)28-40(13-2,32-26-34(38(6,7)8)36(41)24-29(32)3)33-27-35(39(9,10)11)37(42)25-30(33)4/h13,24-27,31,41-42H,2,12,14-23,28H2,1,3-11H3. The highest BCUT2D eigenvalue weighted by molar-refractivity contribution is 7.99. The lowest BCUT2D eigenvalue weighted by atomic mass is 9.66. The van der Waals surface area contributed by atoms with E-state index in [2.05, 4.69) is 106 Å². The molecule has 0 saturated heterocycles. The van der Waals surface area contributed by atoms with Crippen molar-refractivity contribution in [1.29, 1.82) is 0 Å². The average molecular weight is 609 g/mol. The van der Waals surface area contributed by atoms with Crippen molar-refractivity contribution in [3.05, 3.63) is 70.3 Å². The molecular formula is C40H64O2S. The Morgan fingerprint density at radius 2 is 1.07 bits per heavy atom. The van der Waals surface area contributed by atoms with Crippen molar-refractivity contribution in [1.82, 2.24) is 0 Å². The van der Waals surface area contributed by atoms with Gasteiger partial charge in [-0.25, -0.2) is 0 Å². The number of phenols is 2. The van der Waals surface area contributed by atoms with Gasteiger partial charge in [0.15, 0.2) is 0 Å². The van der Waals surface area contributed by atoms with Gasteiger partial charge in [-0.1, -0.05) is 131 Å². The fourth-order valence-electron chi connectivity index (χ4n) is 6.60. The molecule has 0 aliphatic rings. The van der Waals surface area contributed by atoms with Crippen LogP contribution in [0.5, 0.6) is 11.5 Å². The summed E-state index contributed by atoms with van der Waals surface area (Å²) in [6.45, 7) is 26.3. The number of rotatable bonds is 17. The minimum Gasteiger partial charge on any atom is -0.508 e. The van der Waals surface area contributed by atoms with Crippen molar-refractivity contribution in [2.45, 2.75) is 161 Å². The Balaban J connectivity index is 2.36. The first-order valence-corrected chi connectivity index (χ1v) is 18.1. The molecule has 0 fully saturated rings. The molecule has 0 amide bonds. The molecule has 2 aromatic carbocycles. The van der Waals surface area contributed by atoms with Crippen LogP contribution in [0.3, 0.4) is 0 Å². The maximum Gasteiger partial charge on any atom is 0.119 e. The van der Waals surface area contributed by atoms with Crippen LogP contribution in [0.1, 0.15) is 159 Å². The quantitative estimate of drug-likeness (QED) is 0.139. The Morgan fingerprint density at radius 3 is 1.44 bits per heavy atom. The number of hydrogen-bond donors (Lipinski definition) is 2. The molecule has 43 heavy (non-hydrogen) atoms. The number of unbranched alkanes of at least 4 members (excludes halogenated alkanes) is 9. The Kier molecular flexibility index (Phi) is 14.3. The maximum absolute atomic E-state index is 11.0. The molecule has 0 aliphatic heterocycles. The smallest absolute Gasteiger partial charge is 0.119 e. The molecule has 0 heterocycles. The van der Waals surface area contributed by atoms with Crippen molar-refractivity contribution in [2.75, 3.05) is 5.75 Å². The summed E-state index contributed by atoms with van der Waals surface area (Å²) >= 11 is 2.08. The van der Waals surface area contributed by atoms with E-state index in [1.54, 1.807) is 0 Å². The minimum atomic E-state index is -0.459. The summed E-state index contributed by atoms with van der Waals surface area (Å²) < 4.78 is 0. The lowest BCUT2D eigenvalue weighted by Crippen LogP contribution is -2.32. The second-order valence-corrected chi connectivity index (χ2v) is 16.7. The number of aryl methyl sites for hydroxylation is 2. The third-order valence-corrected chi connectivity index (χ3v) is 10.4. The molecule has 0 aromatic heterocycles. The van der Waals surface area contributed by atoms with Gasteiger partial charge in [-0.3, -0.25) is 0 Å². The van der Waals surface area contributed by atoms with Crippen LogP contribution < -0.4 is 0 Å². The van der Waals surface area contributed by atoms with Gasteiger partial charge in [0.1, 0.15) is 11.5 Å². The fraction of sp³-hybridized carbons (Fsp3) is 0.650. The Hall–Kier alpha value is -1.87. The lowest BCUT2D eigenvalue weighted by Gasteiger charge is -2.39. The molecule has 2 nitrogen and oxygen atoms in total. The van der Waals surface area contributed by atoms with E-state index in [-0.39, 0.29) is 10.8 Å². The third-order valence-electron chi connectivity index (χ3n) is 9.12. The first-order valence-electron chi connectivity index (χ1n) is 17.0. The summed E-state index contributed by atoms with van der Waals surface area (Å²) in [4.78, 5) is 0. The van der Waals surface area contributed by atoms with E-state index in [0.717, 1.165) is 28.7 Å². The number of hydrogen-bond acceptors (Lipinski definition) is 3. The molecule has 2 aromatic rings. The highest BCUT2D eigenvalue weighted by Crippen LogP contribution is 2.48. The number of phenolic OH excluding ortho intramolecular Hbond substituents is 2. The molecule has 2 N–H and O–H groups in total. The molecule has 2 rings (SSSR count). The van der Waals surface area contributed by atoms with Crippen LogP contribution in [0.2, 0.25) is 0 Å². The van der Waals surface area contributed by atoms with Crippen molar-refractivity contribution in [3.8, 4) is 11.5 Å². The molecule has 0 saturated carbocycles. The van der Waals surface area contributed by atoms with E-state index in [9.17, 15) is 10.2 Å². The van der Waals surface area contributed by atoms with Gasteiger partial charge in [0.05, 0.1) is 0 Å². The van der Waals surface area contributed by atoms with Crippen LogP contribution in [-0.4, -0.2) is 21.2 Å². The van der Waals surface area contributed by atoms with Crippen LogP contribution in [0.25, 0.3) is 0 Å². The Morgan fingerprint density at radius 1 is 0.674 bits per heavy atom. The van der Waals surface area contributed by atoms with E-state index < -0.39 is 5.41 Å². The summed E-state index contributed by atoms with van der Waals surface area (Å²) in [5.41, 5.74) is 5.60. The number of thioether (sulfide) groups is 1. The van der Waals surface area contributed by atoms with E-state index >= 15 is 0 Å². The van der Waals surface area contributed by atoms with Crippen LogP contribution in [-0.2, 0) is 16.2 Å². The minimum absolute atomic E-state index is 0.199. The van der Waals surface area contributed by atoms with Gasteiger partial charge >= 0.3 is 0 Å². The molecular weight excluding hydrogens is 545 g/mol. The summed E-state index contributed by atoms with van der Waals surface area (Å²) in [5, 5.41) is 22.4. The van der Waals surface area contributed by atoms with Crippen molar-refractivity contribution < 1.29 is 10.2 Å². The van der Waals surface area contributed by atoms with Crippen molar-refractivity contribution in [3.63, 3.8) is 0 Å². The zero-order chi connectivity index (χ0) is 32.4. The third kappa shape index (κ3) is 10.3. The highest BCUT2D eigenvalue weighted by Gasteiger charge is 2.38. The SMILES string of the molecule is C=CC(CC(C)SCCCCCCCCCCCC)(c1cc(C(C)(C)C)c(O)cc1C)c1cc(C(C)(C)C)c(O)cc1C. The second kappa shape index (κ2) is 16.4. The molecule has 0 radical (unpaired) electrons. The fourth-order valence-corrected chi connectivity index (χ4v) is 7.76. The van der Waals surface area contributed by atoms with E-state index in [1.807, 2.05) is 12.1 Å². The van der Waals surface area contributed by atoms with Crippen molar-refractivity contribution in [2.24, 2.45) is 0 Å². The van der Waals surface area contributed by atoms with Gasteiger partial charge in [0.2, 0.25) is 0 Å². The van der Waals surface area contributed by atoms with Crippen molar-refractivity contribution >= 4 is 11.8 Å². The maximum atomic E-state index is 11.0. The van der Waals surface area contributed by atoms with Crippen LogP contribution >= 0.6 is 11.8 Å². The summed E-state index contributed by atoms with van der Waals surface area (Å²) in [7, 11) is 0. The first kappa shape index (κ1) is 37.3. The van der Waals surface area contributed by atoms with Crippen LogP contribution in [0.4, 0.5) is 0 Å². The van der Waals surface area contributed by atoms with Gasteiger partial charge in [0.25, 0.3) is 0 Å². The van der Waals surface area contributed by atoms with E-state index in [4.69, 9.17) is 0 Å². The second-order valence-electron chi connectivity index (χ2n) is 15.1. The predicted molar refractivity (Wildman–Crippen MR) is 192 cm³/mol. The number of allylic oxidation sites excluding steroid dienone is 1. The highest BCUT2D eigenvalue weighted by atomic mass is 32.2. The van der Waals surface area contributed by atoms with Gasteiger partial charge in [-0.2, -0.15) is 11.8 Å². The number of benzene rings is 2. The largest absolute Gasteiger partial charge is 0.508 e. The first-order chi connectivity index (χ1) is 20.1. The molecule has 0 spiro atoms. The lowest BCUT2D eigenvalue weighted by molar-refractivity contribution is 0.442. The van der Waals surface area contributed by atoms with Gasteiger partial charge < -0.3 is 10.2 Å². The van der Waals surface area contributed by atoms with E-state index in [1.165, 1.54) is 81.1 Å². The summed E-state index contributed by atoms with van der Waals surface area (Å²) in [5.74, 6) is 1.88. The Bertz CT molecular complexity index is 1090. The molecule has 242 valence electrons. The van der Waals surface area contributed by atoms with Gasteiger partial charge in [-0.15, -0.1) is 6.58 Å². The predicted octanol–water partition coefficient (Wildman–Crippen LogP) is 12.2. The van der Waals surface area contributed by atoms with Gasteiger partial charge in [0, 0.05) is 10.7 Å². The van der Waals surface area contributed by atoms with Crippen LogP contribution in [0, 0.1) is 13.8 Å². The zero-order valence-corrected chi connectivity index (χ0v) is 30.3. The molecule has 0 aliphatic carbocycles. The normalized spacial score (nSPS) is 13.3. The Labute approximate surface area is 270 Å². The van der Waals surface area contributed by atoms with Crippen LogP contribution in [0.15, 0.2) is 36.9 Å². The number of aromatic hydroxyl groups is 2. The molecule has 1 atom stereocenters. The monoisotopic (exact) mass is 608 g/mol. The zero-order valence-electron chi connectivity index (χ0n) is 29.5. The summed E-state index contributed by atoms with van der Waals surface area (Å²) in [6, 6.07) is 8.34.